The van der Waals surface area contributed by atoms with E-state index in [2.05, 4.69) is 21.7 Å². The van der Waals surface area contributed by atoms with E-state index in [0.29, 0.717) is 22.6 Å². The van der Waals surface area contributed by atoms with Crippen LogP contribution in [-0.2, 0) is 14.9 Å². The Hall–Kier alpha value is -2.80. The number of nitrogens with zero attached hydrogens (tertiary/aromatic N) is 2. The van der Waals surface area contributed by atoms with Crippen molar-refractivity contribution in [2.45, 2.75) is 6.92 Å². The molecule has 0 radical (unpaired) electrons. The molecule has 28 heavy (non-hydrogen) atoms. The molecule has 10 heteroatoms. The van der Waals surface area contributed by atoms with Gasteiger partial charge in [-0.3, -0.25) is 13.9 Å². The van der Waals surface area contributed by atoms with Crippen molar-refractivity contribution in [1.29, 1.82) is 0 Å². The summed E-state index contributed by atoms with van der Waals surface area (Å²) < 4.78 is 25.1. The van der Waals surface area contributed by atoms with Crippen LogP contribution in [0.2, 0.25) is 5.15 Å². The van der Waals surface area contributed by atoms with Crippen LogP contribution in [0.3, 0.4) is 0 Å². The highest BCUT2D eigenvalue weighted by Gasteiger charge is 2.19. The fourth-order valence-electron chi connectivity index (χ4n) is 2.22. The summed E-state index contributed by atoms with van der Waals surface area (Å²) in [5, 5.41) is 3.18. The van der Waals surface area contributed by atoms with Gasteiger partial charge in [0.15, 0.2) is 0 Å². The van der Waals surface area contributed by atoms with Gasteiger partial charge in [-0.25, -0.2) is 18.9 Å². The highest BCUT2D eigenvalue weighted by Crippen LogP contribution is 2.32. The molecule has 8 nitrogen and oxygen atoms in total. The fourth-order valence-corrected chi connectivity index (χ4v) is 2.88. The van der Waals surface area contributed by atoms with E-state index in [1.165, 1.54) is 19.3 Å². The number of aromatic nitrogens is 1. The number of benzene rings is 1. The molecule has 0 bridgehead atoms. The Labute approximate surface area is 168 Å². The molecule has 0 aliphatic rings. The smallest absolute Gasteiger partial charge is 0.278 e. The van der Waals surface area contributed by atoms with Crippen LogP contribution < -0.4 is 15.1 Å². The van der Waals surface area contributed by atoms with Crippen LogP contribution in [0.25, 0.3) is 0 Å². The molecule has 0 unspecified atom stereocenters. The lowest BCUT2D eigenvalue weighted by Crippen LogP contribution is -2.26. The number of hydroxylamine groups is 1. The molecule has 0 spiro atoms. The Morgan fingerprint density at radius 3 is 2.68 bits per heavy atom. The molecule has 1 heterocycles. The second kappa shape index (κ2) is 8.93. The summed E-state index contributed by atoms with van der Waals surface area (Å²) in [4.78, 5) is 21.1. The number of terminal acetylenes is 1. The second-order valence-electron chi connectivity index (χ2n) is 5.65. The topological polar surface area (TPSA) is 101 Å². The third-order valence-corrected chi connectivity index (χ3v) is 5.09. The molecule has 0 saturated carbocycles. The van der Waals surface area contributed by atoms with E-state index >= 15 is 0 Å². The highest BCUT2D eigenvalue weighted by atomic mass is 35.5. The Morgan fingerprint density at radius 2 is 2.07 bits per heavy atom. The van der Waals surface area contributed by atoms with Crippen molar-refractivity contribution < 1.29 is 18.0 Å². The Kier molecular flexibility index (Phi) is 6.85. The summed E-state index contributed by atoms with van der Waals surface area (Å²) in [5.41, 5.74) is 3.96. The maximum atomic E-state index is 12.3. The molecule has 0 aliphatic heterocycles. The Balaban J connectivity index is 2.53. The first-order valence-corrected chi connectivity index (χ1v) is 10.3. The summed E-state index contributed by atoms with van der Waals surface area (Å²) >= 11 is 5.97. The molecular weight excluding hydrogens is 404 g/mol. The van der Waals surface area contributed by atoms with E-state index in [-0.39, 0.29) is 17.3 Å². The maximum Gasteiger partial charge on any atom is 0.278 e. The number of halogens is 1. The van der Waals surface area contributed by atoms with Crippen LogP contribution in [0.5, 0.6) is 0 Å². The van der Waals surface area contributed by atoms with Crippen LogP contribution in [0.4, 0.5) is 17.1 Å². The summed E-state index contributed by atoms with van der Waals surface area (Å²) in [5.74, 6) is 1.93. The average Bonchev–Trinajstić information content (AvgIpc) is 2.65. The first-order valence-electron chi connectivity index (χ1n) is 8.06. The number of carbonyl (C=O) groups is 1. The molecule has 0 saturated heterocycles. The average molecular weight is 423 g/mol. The minimum Gasteiger partial charge on any atom is -0.353 e. The lowest BCUT2D eigenvalue weighted by atomic mass is 10.1. The molecule has 1 aromatic carbocycles. The van der Waals surface area contributed by atoms with Crippen LogP contribution in [0.1, 0.15) is 22.8 Å². The quantitative estimate of drug-likeness (QED) is 0.404. The van der Waals surface area contributed by atoms with Crippen LogP contribution in [0, 0.1) is 12.3 Å². The standard InChI is InChI=1S/C18H19ClN4O4S/c1-5-12-7-8-14(16(9-12)23(3)28(4,25)26)21-15-10-17(19)20-11-13(15)18(24)22-27-6-2/h1,7-11H,6H2,2-4H3,(H,20,21)(H,22,24). The van der Waals surface area contributed by atoms with Gasteiger partial charge in [0.1, 0.15) is 5.15 Å². The molecule has 2 aromatic rings. The lowest BCUT2D eigenvalue weighted by Gasteiger charge is -2.22. The number of sulfonamides is 1. The molecule has 148 valence electrons. The van der Waals surface area contributed by atoms with E-state index in [1.807, 2.05) is 0 Å². The van der Waals surface area contributed by atoms with Gasteiger partial charge in [0.25, 0.3) is 5.91 Å². The van der Waals surface area contributed by atoms with Crippen molar-refractivity contribution in [3.05, 3.63) is 46.7 Å². The van der Waals surface area contributed by atoms with Crippen molar-refractivity contribution >= 4 is 44.6 Å². The number of carbonyl (C=O) groups excluding carboxylic acids is 1. The maximum absolute atomic E-state index is 12.3. The van der Waals surface area contributed by atoms with Gasteiger partial charge in [0.05, 0.1) is 35.5 Å². The Bertz CT molecular complexity index is 1030. The minimum absolute atomic E-state index is 0.147. The number of amides is 1. The fraction of sp³-hybridized carbons (Fsp3) is 0.222. The van der Waals surface area contributed by atoms with E-state index in [9.17, 15) is 13.2 Å². The third kappa shape index (κ3) is 5.13. The normalized spacial score (nSPS) is 10.8. The van der Waals surface area contributed by atoms with Gasteiger partial charge in [0.2, 0.25) is 10.0 Å². The van der Waals surface area contributed by atoms with Crippen LogP contribution in [-0.4, -0.2) is 39.2 Å². The van der Waals surface area contributed by atoms with Crippen molar-refractivity contribution in [3.8, 4) is 12.3 Å². The van der Waals surface area contributed by atoms with Crippen molar-refractivity contribution in [3.63, 3.8) is 0 Å². The molecule has 0 atom stereocenters. The van der Waals surface area contributed by atoms with E-state index < -0.39 is 15.9 Å². The summed E-state index contributed by atoms with van der Waals surface area (Å²) in [6, 6.07) is 6.25. The van der Waals surface area contributed by atoms with Gasteiger partial charge in [0, 0.05) is 18.8 Å². The van der Waals surface area contributed by atoms with Gasteiger partial charge >= 0.3 is 0 Å². The van der Waals surface area contributed by atoms with Gasteiger partial charge in [-0.15, -0.1) is 6.42 Å². The number of anilines is 3. The molecular formula is C18H19ClN4O4S. The van der Waals surface area contributed by atoms with E-state index in [1.54, 1.807) is 25.1 Å². The Morgan fingerprint density at radius 1 is 1.36 bits per heavy atom. The van der Waals surface area contributed by atoms with Crippen molar-refractivity contribution in [2.24, 2.45) is 0 Å². The molecule has 1 aromatic heterocycles. The summed E-state index contributed by atoms with van der Waals surface area (Å²) in [6.07, 6.45) is 7.79. The first-order chi connectivity index (χ1) is 13.2. The van der Waals surface area contributed by atoms with Gasteiger partial charge < -0.3 is 5.32 Å². The van der Waals surface area contributed by atoms with E-state index in [4.69, 9.17) is 22.9 Å². The zero-order valence-corrected chi connectivity index (χ0v) is 17.1. The predicted octanol–water partition coefficient (Wildman–Crippen LogP) is 2.54. The second-order valence-corrected chi connectivity index (χ2v) is 8.05. The lowest BCUT2D eigenvalue weighted by molar-refractivity contribution is 0.0365. The van der Waals surface area contributed by atoms with Gasteiger partial charge in [-0.1, -0.05) is 17.5 Å². The van der Waals surface area contributed by atoms with Crippen LogP contribution in [0.15, 0.2) is 30.5 Å². The van der Waals surface area contributed by atoms with Crippen molar-refractivity contribution in [2.75, 3.05) is 29.5 Å². The zero-order chi connectivity index (χ0) is 20.9. The summed E-state index contributed by atoms with van der Waals surface area (Å²) in [6.45, 7) is 2.01. The summed E-state index contributed by atoms with van der Waals surface area (Å²) in [7, 11) is -2.15. The number of hydrogen-bond donors (Lipinski definition) is 2. The van der Waals surface area contributed by atoms with Crippen LogP contribution >= 0.6 is 11.6 Å². The minimum atomic E-state index is -3.56. The number of hydrogen-bond acceptors (Lipinski definition) is 6. The molecule has 0 aliphatic carbocycles. The SMILES string of the molecule is C#Cc1ccc(Nc2cc(Cl)ncc2C(=O)NOCC)c(N(C)S(C)(=O)=O)c1. The highest BCUT2D eigenvalue weighted by molar-refractivity contribution is 7.92. The predicted molar refractivity (Wildman–Crippen MR) is 109 cm³/mol. The van der Waals surface area contributed by atoms with Gasteiger partial charge in [-0.05, 0) is 31.2 Å². The largest absolute Gasteiger partial charge is 0.353 e. The van der Waals surface area contributed by atoms with Crippen molar-refractivity contribution in [1.82, 2.24) is 10.5 Å². The number of rotatable bonds is 7. The first kappa shape index (κ1) is 21.5. The number of pyridine rings is 1. The zero-order valence-electron chi connectivity index (χ0n) is 15.5. The van der Waals surface area contributed by atoms with Gasteiger partial charge in [-0.2, -0.15) is 0 Å². The molecule has 2 N–H and O–H groups in total. The van der Waals surface area contributed by atoms with E-state index in [0.717, 1.165) is 10.6 Å². The number of nitrogens with one attached hydrogen (secondary N) is 2. The monoisotopic (exact) mass is 422 g/mol. The molecule has 0 fully saturated rings. The molecule has 1 amide bonds. The molecule has 2 rings (SSSR count). The third-order valence-electron chi connectivity index (χ3n) is 3.69.